The van der Waals surface area contributed by atoms with E-state index in [0.717, 1.165) is 45.3 Å². The molecule has 2 atom stereocenters. The minimum atomic E-state index is -3.65. The number of carbonyl (C=O) groups excluding carboxylic acids is 1. The summed E-state index contributed by atoms with van der Waals surface area (Å²) in [5, 5.41) is 8.19. The van der Waals surface area contributed by atoms with Crippen LogP contribution in [0, 0.1) is 11.8 Å². The van der Waals surface area contributed by atoms with Gasteiger partial charge < -0.3 is 10.2 Å². The molecule has 0 aromatic carbocycles. The van der Waals surface area contributed by atoms with E-state index in [2.05, 4.69) is 10.0 Å². The molecule has 2 fully saturated rings. The van der Waals surface area contributed by atoms with Gasteiger partial charge in [0.15, 0.2) is 0 Å². The van der Waals surface area contributed by atoms with Crippen LogP contribution in [0.5, 0.6) is 0 Å². The highest BCUT2D eigenvalue weighted by atomic mass is 32.2. The van der Waals surface area contributed by atoms with E-state index in [0.29, 0.717) is 13.1 Å². The fourth-order valence-electron chi connectivity index (χ4n) is 2.99. The third-order valence-corrected chi connectivity index (χ3v) is 4.62. The number of nitrogens with one attached hydrogen (secondary N) is 2. The Hall–Kier alpha value is -0.700. The Kier molecular flexibility index (Phi) is 5.36. The fraction of sp³-hybridized carbons (Fsp3) is 0.917. The van der Waals surface area contributed by atoms with Gasteiger partial charge in [-0.3, -0.25) is 4.79 Å². The number of rotatable bonds is 4. The standard InChI is InChI=1S/C12H24N4O3S/c13-20(18,19)15-7-10-3-2-6-16(9-10)12(17)11-4-1-5-14-8-11/h10-11,14-15H,1-9H2,(H2,13,18,19)/t10?,11-/m0/s1. The van der Waals surface area contributed by atoms with E-state index in [1.807, 2.05) is 4.90 Å². The Balaban J connectivity index is 1.84. The van der Waals surface area contributed by atoms with Gasteiger partial charge in [-0.1, -0.05) is 0 Å². The van der Waals surface area contributed by atoms with Gasteiger partial charge in [-0.25, -0.2) is 9.86 Å². The molecule has 2 aliphatic heterocycles. The maximum Gasteiger partial charge on any atom is 0.274 e. The lowest BCUT2D eigenvalue weighted by molar-refractivity contribution is -0.137. The first-order valence-corrected chi connectivity index (χ1v) is 8.77. The Morgan fingerprint density at radius 1 is 1.35 bits per heavy atom. The van der Waals surface area contributed by atoms with Crippen molar-refractivity contribution in [3.05, 3.63) is 0 Å². The largest absolute Gasteiger partial charge is 0.342 e. The Labute approximate surface area is 120 Å². The van der Waals surface area contributed by atoms with Crippen LogP contribution >= 0.6 is 0 Å². The number of hydrogen-bond donors (Lipinski definition) is 3. The van der Waals surface area contributed by atoms with Gasteiger partial charge in [0.25, 0.3) is 10.2 Å². The van der Waals surface area contributed by atoms with Crippen LogP contribution in [0.25, 0.3) is 0 Å². The van der Waals surface area contributed by atoms with Gasteiger partial charge in [0.05, 0.1) is 5.92 Å². The molecule has 0 saturated carbocycles. The first kappa shape index (κ1) is 15.7. The van der Waals surface area contributed by atoms with Gasteiger partial charge in [-0.2, -0.15) is 8.42 Å². The number of piperidine rings is 2. The summed E-state index contributed by atoms with van der Waals surface area (Å²) >= 11 is 0. The van der Waals surface area contributed by atoms with E-state index in [-0.39, 0.29) is 17.7 Å². The first-order valence-electron chi connectivity index (χ1n) is 7.22. The Morgan fingerprint density at radius 2 is 2.15 bits per heavy atom. The van der Waals surface area contributed by atoms with Crippen LogP contribution in [-0.2, 0) is 15.0 Å². The van der Waals surface area contributed by atoms with Crippen LogP contribution in [0.4, 0.5) is 0 Å². The first-order chi connectivity index (χ1) is 9.46. The van der Waals surface area contributed by atoms with Gasteiger partial charge in [-0.05, 0) is 38.1 Å². The summed E-state index contributed by atoms with van der Waals surface area (Å²) < 4.78 is 24.2. The quantitative estimate of drug-likeness (QED) is 0.621. The topological polar surface area (TPSA) is 105 Å². The van der Waals surface area contributed by atoms with Crippen molar-refractivity contribution in [3.8, 4) is 0 Å². The smallest absolute Gasteiger partial charge is 0.274 e. The number of nitrogens with two attached hydrogens (primary N) is 1. The highest BCUT2D eigenvalue weighted by Crippen LogP contribution is 2.20. The lowest BCUT2D eigenvalue weighted by atomic mass is 9.94. The Bertz CT molecular complexity index is 434. The van der Waals surface area contributed by atoms with Crippen molar-refractivity contribution in [3.63, 3.8) is 0 Å². The van der Waals surface area contributed by atoms with Crippen LogP contribution in [0.2, 0.25) is 0 Å². The van der Waals surface area contributed by atoms with Crippen LogP contribution in [0.1, 0.15) is 25.7 Å². The van der Waals surface area contributed by atoms with Crippen molar-refractivity contribution in [2.45, 2.75) is 25.7 Å². The van der Waals surface area contributed by atoms with Crippen molar-refractivity contribution in [2.75, 3.05) is 32.7 Å². The molecular formula is C12H24N4O3S. The molecule has 2 rings (SSSR count). The van der Waals surface area contributed by atoms with Gasteiger partial charge in [0.1, 0.15) is 0 Å². The van der Waals surface area contributed by atoms with E-state index >= 15 is 0 Å². The molecule has 2 heterocycles. The highest BCUT2D eigenvalue weighted by Gasteiger charge is 2.29. The summed E-state index contributed by atoms with van der Waals surface area (Å²) in [6, 6.07) is 0. The lowest BCUT2D eigenvalue weighted by Crippen LogP contribution is -2.48. The molecule has 1 unspecified atom stereocenters. The molecule has 116 valence electrons. The summed E-state index contributed by atoms with van der Waals surface area (Å²) in [5.41, 5.74) is 0. The molecule has 8 heteroatoms. The van der Waals surface area contributed by atoms with E-state index < -0.39 is 10.2 Å². The zero-order chi connectivity index (χ0) is 14.6. The molecule has 0 radical (unpaired) electrons. The van der Waals surface area contributed by atoms with Gasteiger partial charge >= 0.3 is 0 Å². The van der Waals surface area contributed by atoms with Crippen LogP contribution in [0.3, 0.4) is 0 Å². The van der Waals surface area contributed by atoms with Crippen molar-refractivity contribution in [2.24, 2.45) is 17.0 Å². The lowest BCUT2D eigenvalue weighted by Gasteiger charge is -2.36. The summed E-state index contributed by atoms with van der Waals surface area (Å²) in [5.74, 6) is 0.439. The molecule has 2 saturated heterocycles. The number of amides is 1. The van der Waals surface area contributed by atoms with Crippen molar-refractivity contribution in [1.29, 1.82) is 0 Å². The summed E-state index contributed by atoms with van der Waals surface area (Å²) in [7, 11) is -3.65. The van der Waals surface area contributed by atoms with Crippen molar-refractivity contribution >= 4 is 16.1 Å². The van der Waals surface area contributed by atoms with Crippen molar-refractivity contribution < 1.29 is 13.2 Å². The van der Waals surface area contributed by atoms with Crippen LogP contribution in [0.15, 0.2) is 0 Å². The number of likely N-dealkylation sites (tertiary alicyclic amines) is 1. The van der Waals surface area contributed by atoms with Gasteiger partial charge in [0.2, 0.25) is 5.91 Å². The summed E-state index contributed by atoms with van der Waals surface area (Å²) in [4.78, 5) is 14.3. The predicted octanol–water partition coefficient (Wildman–Crippen LogP) is -0.982. The molecule has 1 amide bonds. The third kappa shape index (κ3) is 4.69. The van der Waals surface area contributed by atoms with E-state index in [4.69, 9.17) is 5.14 Å². The maximum atomic E-state index is 12.4. The maximum absolute atomic E-state index is 12.4. The summed E-state index contributed by atoms with van der Waals surface area (Å²) in [6.45, 7) is 3.46. The molecular weight excluding hydrogens is 280 g/mol. The summed E-state index contributed by atoms with van der Waals surface area (Å²) in [6.07, 6.45) is 3.83. The number of nitrogens with zero attached hydrogens (tertiary/aromatic N) is 1. The fourth-order valence-corrected chi connectivity index (χ4v) is 3.45. The molecule has 20 heavy (non-hydrogen) atoms. The normalized spacial score (nSPS) is 28.4. The molecule has 7 nitrogen and oxygen atoms in total. The van der Waals surface area contributed by atoms with Crippen LogP contribution < -0.4 is 15.2 Å². The third-order valence-electron chi connectivity index (χ3n) is 4.05. The van der Waals surface area contributed by atoms with Crippen LogP contribution in [-0.4, -0.2) is 51.9 Å². The van der Waals surface area contributed by atoms with E-state index in [1.54, 1.807) is 0 Å². The molecule has 0 spiro atoms. The molecule has 2 aliphatic rings. The second kappa shape index (κ2) is 6.84. The second-order valence-electron chi connectivity index (χ2n) is 5.73. The zero-order valence-electron chi connectivity index (χ0n) is 11.7. The minimum absolute atomic E-state index is 0.0775. The predicted molar refractivity (Wildman–Crippen MR) is 76.0 cm³/mol. The monoisotopic (exact) mass is 304 g/mol. The Morgan fingerprint density at radius 3 is 2.80 bits per heavy atom. The minimum Gasteiger partial charge on any atom is -0.342 e. The SMILES string of the molecule is NS(=O)(=O)NCC1CCCN(C(=O)[C@H]2CCCNC2)C1. The van der Waals surface area contributed by atoms with Gasteiger partial charge in [-0.15, -0.1) is 0 Å². The van der Waals surface area contributed by atoms with E-state index in [1.165, 1.54) is 0 Å². The average Bonchev–Trinajstić information content (AvgIpc) is 2.45. The van der Waals surface area contributed by atoms with E-state index in [9.17, 15) is 13.2 Å². The van der Waals surface area contributed by atoms with Crippen molar-refractivity contribution in [1.82, 2.24) is 14.9 Å². The molecule has 0 aromatic heterocycles. The number of carbonyl (C=O) groups is 1. The van der Waals surface area contributed by atoms with Gasteiger partial charge in [0, 0.05) is 26.2 Å². The average molecular weight is 304 g/mol. The molecule has 0 aliphatic carbocycles. The molecule has 0 bridgehead atoms. The zero-order valence-corrected chi connectivity index (χ0v) is 12.5. The highest BCUT2D eigenvalue weighted by molar-refractivity contribution is 7.87. The molecule has 4 N–H and O–H groups in total. The molecule has 0 aromatic rings. The second-order valence-corrected chi connectivity index (χ2v) is 7.11. The number of hydrogen-bond acceptors (Lipinski definition) is 4.